The number of aliphatic carboxylic acids is 1. The highest BCUT2D eigenvalue weighted by atomic mass is 19.4. The fourth-order valence-electron chi connectivity index (χ4n) is 5.89. The van der Waals surface area contributed by atoms with Crippen LogP contribution >= 0.6 is 0 Å². The van der Waals surface area contributed by atoms with Crippen LogP contribution in [0.5, 0.6) is 11.5 Å². The molecule has 0 unspecified atom stereocenters. The Morgan fingerprint density at radius 3 is 2.11 bits per heavy atom. The van der Waals surface area contributed by atoms with E-state index in [4.69, 9.17) is 9.47 Å². The van der Waals surface area contributed by atoms with Gasteiger partial charge in [0, 0.05) is 30.4 Å². The normalized spacial score (nSPS) is 16.9. The lowest BCUT2D eigenvalue weighted by molar-refractivity contribution is -0.143. The third-order valence-corrected chi connectivity index (χ3v) is 8.42. The van der Waals surface area contributed by atoms with Crippen molar-refractivity contribution in [3.8, 4) is 22.6 Å². The average molecular weight is 622 g/mol. The van der Waals surface area contributed by atoms with E-state index >= 15 is 0 Å². The van der Waals surface area contributed by atoms with Crippen LogP contribution in [-0.2, 0) is 17.1 Å². The second kappa shape index (κ2) is 12.6. The van der Waals surface area contributed by atoms with Crippen LogP contribution < -0.4 is 14.4 Å². The highest BCUT2D eigenvalue weighted by Crippen LogP contribution is 2.45. The van der Waals surface area contributed by atoms with Gasteiger partial charge in [-0.25, -0.2) is 0 Å². The number of nitrogens with zero attached hydrogens (tertiary/aromatic N) is 1. The summed E-state index contributed by atoms with van der Waals surface area (Å²) in [5, 5.41) is 9.34. The first-order chi connectivity index (χ1) is 20.8. The third-order valence-electron chi connectivity index (χ3n) is 8.42. The van der Waals surface area contributed by atoms with Gasteiger partial charge in [0.1, 0.15) is 11.5 Å². The average Bonchev–Trinajstić information content (AvgIpc) is 3.83. The number of hydrogen-bond acceptors (Lipinski definition) is 4. The molecule has 44 heavy (non-hydrogen) atoms. The second-order valence-electron chi connectivity index (χ2n) is 11.5. The van der Waals surface area contributed by atoms with Gasteiger partial charge in [-0.15, -0.1) is 0 Å². The van der Waals surface area contributed by atoms with E-state index in [9.17, 15) is 36.2 Å². The highest BCUT2D eigenvalue weighted by Gasteiger charge is 2.38. The molecule has 0 amide bonds. The summed E-state index contributed by atoms with van der Waals surface area (Å²) in [7, 11) is 1.44. The molecule has 11 heteroatoms. The Morgan fingerprint density at radius 1 is 0.886 bits per heavy atom. The molecule has 1 N–H and O–H groups in total. The Kier molecular flexibility index (Phi) is 9.04. The van der Waals surface area contributed by atoms with E-state index in [2.05, 4.69) is 0 Å². The first-order valence-electron chi connectivity index (χ1n) is 14.5. The molecule has 2 fully saturated rings. The van der Waals surface area contributed by atoms with Crippen molar-refractivity contribution in [1.82, 2.24) is 0 Å². The lowest BCUT2D eigenvalue weighted by Gasteiger charge is -2.35. The van der Waals surface area contributed by atoms with E-state index in [0.717, 1.165) is 30.5 Å². The largest absolute Gasteiger partial charge is 0.497 e. The Bertz CT molecular complexity index is 1440. The number of carboxylic acids is 1. The van der Waals surface area contributed by atoms with E-state index < -0.39 is 29.4 Å². The number of anilines is 1. The molecule has 0 radical (unpaired) electrons. The van der Waals surface area contributed by atoms with E-state index in [0.29, 0.717) is 55.6 Å². The quantitative estimate of drug-likeness (QED) is 0.230. The molecule has 5 nitrogen and oxygen atoms in total. The van der Waals surface area contributed by atoms with Gasteiger partial charge in [0.25, 0.3) is 0 Å². The fourth-order valence-corrected chi connectivity index (χ4v) is 5.89. The van der Waals surface area contributed by atoms with Crippen molar-refractivity contribution in [2.45, 2.75) is 50.4 Å². The van der Waals surface area contributed by atoms with E-state index in [1.165, 1.54) is 19.2 Å². The van der Waals surface area contributed by atoms with Crippen LogP contribution in [0.25, 0.3) is 11.1 Å². The van der Waals surface area contributed by atoms with Gasteiger partial charge in [-0.1, -0.05) is 12.1 Å². The minimum atomic E-state index is -4.95. The Balaban J connectivity index is 1.31. The molecule has 3 aromatic carbocycles. The number of ether oxygens (including phenoxy) is 2. The molecule has 1 atom stereocenters. The predicted molar refractivity (Wildman–Crippen MR) is 153 cm³/mol. The summed E-state index contributed by atoms with van der Waals surface area (Å²) in [5.41, 5.74) is -1.21. The maximum absolute atomic E-state index is 13.6. The maximum Gasteiger partial charge on any atom is 0.416 e. The van der Waals surface area contributed by atoms with Crippen LogP contribution in [0.2, 0.25) is 0 Å². The minimum absolute atomic E-state index is 0.0413. The molecular weight excluding hydrogens is 588 g/mol. The smallest absolute Gasteiger partial charge is 0.416 e. The summed E-state index contributed by atoms with van der Waals surface area (Å²) < 4.78 is 92.9. The van der Waals surface area contributed by atoms with E-state index in [-0.39, 0.29) is 35.4 Å². The fraction of sp³-hybridized carbons (Fsp3) is 0.424. The van der Waals surface area contributed by atoms with Gasteiger partial charge in [0.2, 0.25) is 0 Å². The summed E-state index contributed by atoms with van der Waals surface area (Å²) >= 11 is 0. The van der Waals surface area contributed by atoms with Crippen LogP contribution in [0.1, 0.15) is 54.7 Å². The van der Waals surface area contributed by atoms with Crippen molar-refractivity contribution in [2.75, 3.05) is 31.7 Å². The van der Waals surface area contributed by atoms with E-state index in [1.807, 2.05) is 29.2 Å². The number of alkyl halides is 6. The topological polar surface area (TPSA) is 59.0 Å². The van der Waals surface area contributed by atoms with Gasteiger partial charge in [-0.3, -0.25) is 4.79 Å². The zero-order chi connectivity index (χ0) is 31.6. The number of benzene rings is 3. The molecule has 1 saturated heterocycles. The molecule has 0 spiro atoms. The number of carboxylic acid groups (broad SMARTS) is 1. The Hall–Kier alpha value is -3.89. The van der Waals surface area contributed by atoms with Gasteiger partial charge < -0.3 is 19.5 Å². The van der Waals surface area contributed by atoms with Gasteiger partial charge in [-0.2, -0.15) is 26.3 Å². The summed E-state index contributed by atoms with van der Waals surface area (Å²) in [5.74, 6) is 0.787. The Labute approximate surface area is 251 Å². The van der Waals surface area contributed by atoms with Crippen LogP contribution in [0.4, 0.5) is 32.0 Å². The zero-order valence-corrected chi connectivity index (χ0v) is 24.0. The van der Waals surface area contributed by atoms with Crippen LogP contribution in [0.3, 0.4) is 0 Å². The van der Waals surface area contributed by atoms with Crippen molar-refractivity contribution in [3.63, 3.8) is 0 Å². The molecule has 1 saturated carbocycles. The third kappa shape index (κ3) is 7.60. The van der Waals surface area contributed by atoms with Crippen molar-refractivity contribution < 1.29 is 45.7 Å². The number of carbonyl (C=O) groups is 1. The van der Waals surface area contributed by atoms with Crippen molar-refractivity contribution >= 4 is 11.7 Å². The van der Waals surface area contributed by atoms with Gasteiger partial charge in [-0.05, 0) is 97.0 Å². The molecular formula is C33H33F6NO4. The van der Waals surface area contributed by atoms with Crippen LogP contribution in [0, 0.1) is 11.8 Å². The Morgan fingerprint density at radius 2 is 1.55 bits per heavy atom. The molecule has 0 aromatic heterocycles. The number of halogens is 6. The monoisotopic (exact) mass is 621 g/mol. The van der Waals surface area contributed by atoms with Gasteiger partial charge in [0.15, 0.2) is 0 Å². The van der Waals surface area contributed by atoms with Crippen molar-refractivity contribution in [2.24, 2.45) is 11.8 Å². The van der Waals surface area contributed by atoms with Gasteiger partial charge >= 0.3 is 18.3 Å². The SMILES string of the molecule is COc1ccc(-c2cc(C(F)(F)F)cc(C(F)(F)F)c2)c(N2CCC(COc3cccc([C@@H](CC(=O)O)C4CC4)c3)CC2)c1. The molecule has 236 valence electrons. The molecule has 1 heterocycles. The second-order valence-corrected chi connectivity index (χ2v) is 11.5. The minimum Gasteiger partial charge on any atom is -0.497 e. The lowest BCUT2D eigenvalue weighted by atomic mass is 9.91. The molecule has 2 aliphatic rings. The maximum atomic E-state index is 13.6. The van der Waals surface area contributed by atoms with Crippen molar-refractivity contribution in [3.05, 3.63) is 77.4 Å². The molecule has 1 aliphatic carbocycles. The summed E-state index contributed by atoms with van der Waals surface area (Å²) in [6, 6.07) is 13.8. The molecule has 1 aliphatic heterocycles. The van der Waals surface area contributed by atoms with Gasteiger partial charge in [0.05, 0.1) is 31.3 Å². The zero-order valence-electron chi connectivity index (χ0n) is 24.0. The lowest BCUT2D eigenvalue weighted by Crippen LogP contribution is -2.35. The summed E-state index contributed by atoms with van der Waals surface area (Å²) in [6.45, 7) is 1.46. The number of methoxy groups -OCH3 is 1. The number of piperidine rings is 1. The van der Waals surface area contributed by atoms with Crippen molar-refractivity contribution in [1.29, 1.82) is 0 Å². The molecule has 0 bridgehead atoms. The standard InChI is InChI=1S/C33H33F6NO4/c1-43-26-7-8-28(23-13-24(32(34,35)36)16-25(14-23)33(37,38)39)30(17-26)40-11-9-20(10-12-40)19-44-27-4-2-3-22(15-27)29(18-31(41)42)21-5-6-21/h2-4,7-8,13-17,20-21,29H,5-6,9-12,18-19H2,1H3,(H,41,42)/t29-/m0/s1. The van der Waals surface area contributed by atoms with Crippen LogP contribution in [0.15, 0.2) is 60.7 Å². The number of hydrogen-bond donors (Lipinski definition) is 1. The first-order valence-corrected chi connectivity index (χ1v) is 14.5. The molecule has 5 rings (SSSR count). The predicted octanol–water partition coefficient (Wildman–Crippen LogP) is 8.66. The van der Waals surface area contributed by atoms with E-state index in [1.54, 1.807) is 6.07 Å². The summed E-state index contributed by atoms with van der Waals surface area (Å²) in [6.07, 6.45) is -6.39. The first kappa shape index (κ1) is 31.5. The number of rotatable bonds is 10. The highest BCUT2D eigenvalue weighted by molar-refractivity contribution is 5.81. The van der Waals surface area contributed by atoms with Crippen LogP contribution in [-0.4, -0.2) is 37.9 Å². The summed E-state index contributed by atoms with van der Waals surface area (Å²) in [4.78, 5) is 13.3. The molecule has 3 aromatic rings.